The molecule has 1 N–H and O–H groups in total. The Hall–Kier alpha value is -4.81. The second kappa shape index (κ2) is 10.8. The highest BCUT2D eigenvalue weighted by atomic mass is 19.4. The molecule has 0 atom stereocenters. The molecule has 0 bridgehead atoms. The van der Waals surface area contributed by atoms with Crippen LogP contribution in [-0.2, 0) is 20.0 Å². The number of hydrogen-bond acceptors (Lipinski definition) is 6. The number of rotatable bonds is 9. The lowest BCUT2D eigenvalue weighted by atomic mass is 10.0. The maximum atomic E-state index is 13.6. The lowest BCUT2D eigenvalue weighted by Crippen LogP contribution is -2.29. The highest BCUT2D eigenvalue weighted by molar-refractivity contribution is 6.03. The van der Waals surface area contributed by atoms with Crippen molar-refractivity contribution in [1.29, 1.82) is 0 Å². The minimum atomic E-state index is -5.07. The van der Waals surface area contributed by atoms with E-state index in [4.69, 9.17) is 0 Å². The van der Waals surface area contributed by atoms with E-state index in [1.54, 1.807) is 6.20 Å². The van der Waals surface area contributed by atoms with E-state index in [0.29, 0.717) is 23.6 Å². The molecule has 10 nitrogen and oxygen atoms in total. The van der Waals surface area contributed by atoms with Crippen LogP contribution in [0, 0.1) is 0 Å². The number of H-pyrrole nitrogens is 1. The number of nitrogens with zero attached hydrogens (tertiary/aromatic N) is 7. The molecule has 0 fully saturated rings. The van der Waals surface area contributed by atoms with E-state index in [-0.39, 0.29) is 12.4 Å². The Morgan fingerprint density at radius 1 is 1.07 bits per heavy atom. The predicted octanol–water partition coefficient (Wildman–Crippen LogP) is 4.36. The third-order valence-corrected chi connectivity index (χ3v) is 6.55. The third kappa shape index (κ3) is 5.22. The maximum Gasteiger partial charge on any atom is 0.455 e. The Balaban J connectivity index is 1.53. The molecule has 4 aromatic heterocycles. The Kier molecular flexibility index (Phi) is 7.20. The smallest absolute Gasteiger partial charge is 0.336 e. The number of tetrazole rings is 1. The Morgan fingerprint density at radius 2 is 1.85 bits per heavy atom. The van der Waals surface area contributed by atoms with E-state index in [1.807, 2.05) is 43.3 Å². The second-order valence-corrected chi connectivity index (χ2v) is 9.31. The molecule has 0 saturated carbocycles. The molecular formula is C27H25F3N8O2. The number of hydrogen-bond donors (Lipinski definition) is 1. The van der Waals surface area contributed by atoms with Crippen molar-refractivity contribution in [2.45, 2.75) is 38.9 Å². The standard InChI is InChI=1S/C27H25F3N8O2/c1-3-4-8-21-16-38(25-22(10-12-36(25)2)23(39)27(28,29)30)26(40)37(21)15-20-14-18(9-11-31-20)17-6-5-7-19(13-17)24-32-34-35-33-24/h5-7,9-14,16H,3-4,8,15H2,1-2H3,(H,32,33,34,35). The van der Waals surface area contributed by atoms with Crippen molar-refractivity contribution in [1.82, 2.24) is 39.3 Å². The van der Waals surface area contributed by atoms with E-state index in [9.17, 15) is 22.8 Å². The molecule has 0 unspecified atom stereocenters. The van der Waals surface area contributed by atoms with Crippen molar-refractivity contribution in [2.24, 2.45) is 7.05 Å². The molecule has 0 aliphatic heterocycles. The van der Waals surface area contributed by atoms with Gasteiger partial charge in [0.1, 0.15) is 5.82 Å². The molecule has 0 spiro atoms. The number of nitrogens with one attached hydrogen (secondary N) is 1. The van der Waals surface area contributed by atoms with Gasteiger partial charge in [0.25, 0.3) is 5.78 Å². The van der Waals surface area contributed by atoms with Crippen molar-refractivity contribution in [3.05, 3.63) is 88.5 Å². The van der Waals surface area contributed by atoms with Crippen LogP contribution in [0.3, 0.4) is 0 Å². The first-order valence-electron chi connectivity index (χ1n) is 12.5. The van der Waals surface area contributed by atoms with Gasteiger partial charge < -0.3 is 4.57 Å². The minimum Gasteiger partial charge on any atom is -0.336 e. The molecule has 40 heavy (non-hydrogen) atoms. The van der Waals surface area contributed by atoms with Crippen molar-refractivity contribution in [2.75, 3.05) is 0 Å². The highest BCUT2D eigenvalue weighted by Gasteiger charge is 2.41. The number of aryl methyl sites for hydroxylation is 2. The molecule has 5 aromatic rings. The summed E-state index contributed by atoms with van der Waals surface area (Å²) in [5, 5.41) is 14.1. The molecule has 13 heteroatoms. The molecule has 0 saturated heterocycles. The van der Waals surface area contributed by atoms with E-state index in [0.717, 1.165) is 40.2 Å². The summed E-state index contributed by atoms with van der Waals surface area (Å²) in [5.41, 5.74) is 2.56. The van der Waals surface area contributed by atoms with Crippen molar-refractivity contribution in [3.63, 3.8) is 0 Å². The number of alkyl halides is 3. The number of carbonyl (C=O) groups excluding carboxylic acids is 1. The van der Waals surface area contributed by atoms with Crippen LogP contribution in [0.5, 0.6) is 0 Å². The zero-order chi connectivity index (χ0) is 28.4. The van der Waals surface area contributed by atoms with Gasteiger partial charge in [0.2, 0.25) is 5.82 Å². The average Bonchev–Trinajstić information content (AvgIpc) is 3.67. The first-order valence-corrected chi connectivity index (χ1v) is 12.5. The summed E-state index contributed by atoms with van der Waals surface area (Å²) in [7, 11) is 1.49. The van der Waals surface area contributed by atoms with Crippen LogP contribution in [0.4, 0.5) is 13.2 Å². The van der Waals surface area contributed by atoms with Gasteiger partial charge in [-0.2, -0.15) is 18.4 Å². The Morgan fingerprint density at radius 3 is 2.58 bits per heavy atom. The molecule has 4 heterocycles. The van der Waals surface area contributed by atoms with Gasteiger partial charge in [-0.3, -0.25) is 18.9 Å². The molecular weight excluding hydrogens is 525 g/mol. The van der Waals surface area contributed by atoms with E-state index >= 15 is 0 Å². The van der Waals surface area contributed by atoms with Crippen LogP contribution in [-0.4, -0.2) is 51.3 Å². The average molecular weight is 551 g/mol. The number of aromatic amines is 1. The quantitative estimate of drug-likeness (QED) is 0.273. The Labute approximate surface area is 226 Å². The van der Waals surface area contributed by atoms with Gasteiger partial charge in [0.15, 0.2) is 0 Å². The topological polar surface area (TPSA) is 116 Å². The monoisotopic (exact) mass is 550 g/mol. The van der Waals surface area contributed by atoms with E-state index in [2.05, 4.69) is 25.6 Å². The summed E-state index contributed by atoms with van der Waals surface area (Å²) in [6.45, 7) is 2.10. The fraction of sp³-hybridized carbons (Fsp3) is 0.259. The zero-order valence-electron chi connectivity index (χ0n) is 21.7. The van der Waals surface area contributed by atoms with Gasteiger partial charge in [0, 0.05) is 36.9 Å². The van der Waals surface area contributed by atoms with Gasteiger partial charge >= 0.3 is 11.9 Å². The van der Waals surface area contributed by atoms with Crippen molar-refractivity contribution < 1.29 is 18.0 Å². The number of aromatic nitrogens is 8. The minimum absolute atomic E-state index is 0.0935. The van der Waals surface area contributed by atoms with Gasteiger partial charge in [-0.05, 0) is 53.4 Å². The van der Waals surface area contributed by atoms with Crippen molar-refractivity contribution in [3.8, 4) is 28.3 Å². The maximum absolute atomic E-state index is 13.6. The molecule has 0 aliphatic rings. The van der Waals surface area contributed by atoms with Crippen LogP contribution in [0.25, 0.3) is 28.3 Å². The van der Waals surface area contributed by atoms with Crippen molar-refractivity contribution >= 4 is 5.78 Å². The third-order valence-electron chi connectivity index (χ3n) is 6.55. The Bertz CT molecular complexity index is 1710. The van der Waals surface area contributed by atoms with Gasteiger partial charge in [0.05, 0.1) is 17.8 Å². The largest absolute Gasteiger partial charge is 0.455 e. The SMILES string of the molecule is CCCCc1cn(-c2c(C(=O)C(F)(F)F)ccn2C)c(=O)n1Cc1cc(-c2cccc(-c3nn[nH]n3)c2)ccn1. The summed E-state index contributed by atoms with van der Waals surface area (Å²) < 4.78 is 43.8. The number of benzene rings is 1. The normalized spacial score (nSPS) is 11.7. The number of carbonyl (C=O) groups is 1. The first kappa shape index (κ1) is 26.8. The fourth-order valence-corrected chi connectivity index (χ4v) is 4.58. The summed E-state index contributed by atoms with van der Waals surface area (Å²) in [4.78, 5) is 30.2. The molecule has 0 radical (unpaired) electrons. The van der Waals surface area contributed by atoms with Crippen LogP contribution >= 0.6 is 0 Å². The number of imidazole rings is 1. The number of ketones is 1. The summed E-state index contributed by atoms with van der Waals surface area (Å²) in [6.07, 6.45) is 1.55. The first-order chi connectivity index (χ1) is 19.2. The number of pyridine rings is 1. The summed E-state index contributed by atoms with van der Waals surface area (Å²) >= 11 is 0. The van der Waals surface area contributed by atoms with Crippen LogP contribution in [0.1, 0.15) is 41.5 Å². The van der Waals surface area contributed by atoms with E-state index in [1.165, 1.54) is 28.6 Å². The summed E-state index contributed by atoms with van der Waals surface area (Å²) in [5.74, 6) is -1.69. The van der Waals surface area contributed by atoms with Gasteiger partial charge in [-0.25, -0.2) is 4.79 Å². The molecule has 5 rings (SSSR count). The van der Waals surface area contributed by atoms with Crippen LogP contribution in [0.2, 0.25) is 0 Å². The van der Waals surface area contributed by atoms with Gasteiger partial charge in [-0.1, -0.05) is 31.5 Å². The summed E-state index contributed by atoms with van der Waals surface area (Å²) in [6, 6.07) is 12.3. The molecule has 0 amide bonds. The van der Waals surface area contributed by atoms with Gasteiger partial charge in [-0.15, -0.1) is 10.2 Å². The number of halogens is 3. The molecule has 0 aliphatic carbocycles. The van der Waals surface area contributed by atoms with Crippen LogP contribution < -0.4 is 5.69 Å². The number of Topliss-reactive ketones (excluding diaryl/α,β-unsaturated/α-hetero) is 1. The second-order valence-electron chi connectivity index (χ2n) is 9.31. The lowest BCUT2D eigenvalue weighted by Gasteiger charge is -2.10. The molecule has 206 valence electrons. The predicted molar refractivity (Wildman–Crippen MR) is 140 cm³/mol. The lowest BCUT2D eigenvalue weighted by molar-refractivity contribution is -0.0885. The zero-order valence-corrected chi connectivity index (χ0v) is 21.7. The fourth-order valence-electron chi connectivity index (χ4n) is 4.58. The number of unbranched alkanes of at least 4 members (excludes halogenated alkanes) is 1. The van der Waals surface area contributed by atoms with E-state index < -0.39 is 23.2 Å². The highest BCUT2D eigenvalue weighted by Crippen LogP contribution is 2.27. The van der Waals surface area contributed by atoms with Crippen LogP contribution in [0.15, 0.2) is 65.8 Å². The molecule has 1 aromatic carbocycles.